The maximum atomic E-state index is 12.2. The molecule has 3 rings (SSSR count). The molecule has 1 unspecified atom stereocenters. The number of aromatic nitrogens is 1. The molecule has 0 bridgehead atoms. The highest BCUT2D eigenvalue weighted by Gasteiger charge is 2.28. The zero-order valence-electron chi connectivity index (χ0n) is 10.3. The molecule has 1 fully saturated rings. The highest BCUT2D eigenvalue weighted by molar-refractivity contribution is 7.18. The molecule has 4 heteroatoms. The summed E-state index contributed by atoms with van der Waals surface area (Å²) in [5, 5.41) is 4.16. The largest absolute Gasteiger partial charge is 0.316 e. The maximum absolute atomic E-state index is 12.2. The number of carbonyl (C=O) groups excluding carboxylic acids is 1. The zero-order chi connectivity index (χ0) is 12.5. The number of hydrogen-bond acceptors (Lipinski definition) is 4. The van der Waals surface area contributed by atoms with E-state index in [0.29, 0.717) is 18.1 Å². The number of fused-ring (bicyclic) bond motifs is 1. The number of thiazole rings is 1. The van der Waals surface area contributed by atoms with Gasteiger partial charge in [-0.2, -0.15) is 0 Å². The Hall–Kier alpha value is -1.26. The monoisotopic (exact) mass is 260 g/mol. The van der Waals surface area contributed by atoms with Crippen LogP contribution in [-0.4, -0.2) is 23.9 Å². The topological polar surface area (TPSA) is 42.0 Å². The first-order valence-corrected chi connectivity index (χ1v) is 7.13. The highest BCUT2D eigenvalue weighted by Crippen LogP contribution is 2.24. The van der Waals surface area contributed by atoms with E-state index in [1.807, 2.05) is 25.1 Å². The van der Waals surface area contributed by atoms with Crippen molar-refractivity contribution >= 4 is 27.3 Å². The zero-order valence-corrected chi connectivity index (χ0v) is 11.2. The first-order valence-electron chi connectivity index (χ1n) is 6.32. The summed E-state index contributed by atoms with van der Waals surface area (Å²) in [5.41, 5.74) is 1.00. The van der Waals surface area contributed by atoms with Crippen LogP contribution in [0.25, 0.3) is 10.2 Å². The minimum absolute atomic E-state index is 0.151. The van der Waals surface area contributed by atoms with Gasteiger partial charge in [0.25, 0.3) is 0 Å². The lowest BCUT2D eigenvalue weighted by Crippen LogP contribution is -2.47. The second kappa shape index (κ2) is 4.78. The Morgan fingerprint density at radius 3 is 2.94 bits per heavy atom. The van der Waals surface area contributed by atoms with E-state index in [-0.39, 0.29) is 5.92 Å². The SMILES string of the molecule is CC(C(=O)Cc1nc2ccccc2s1)C1CNC1. The van der Waals surface area contributed by atoms with E-state index in [9.17, 15) is 4.79 Å². The number of carbonyl (C=O) groups is 1. The van der Waals surface area contributed by atoms with Crippen molar-refractivity contribution in [1.29, 1.82) is 0 Å². The summed E-state index contributed by atoms with van der Waals surface area (Å²) in [7, 11) is 0. The van der Waals surface area contributed by atoms with Crippen LogP contribution in [-0.2, 0) is 11.2 Å². The molecule has 0 aliphatic carbocycles. The number of Topliss-reactive ketones (excluding diaryl/α,β-unsaturated/α-hetero) is 1. The third-order valence-corrected chi connectivity index (χ3v) is 4.73. The normalized spacial score (nSPS) is 17.6. The summed E-state index contributed by atoms with van der Waals surface area (Å²) in [5.74, 6) is 0.991. The summed E-state index contributed by atoms with van der Waals surface area (Å²) < 4.78 is 1.17. The Morgan fingerprint density at radius 1 is 1.50 bits per heavy atom. The van der Waals surface area contributed by atoms with Gasteiger partial charge in [-0.15, -0.1) is 11.3 Å². The Kier molecular flexibility index (Phi) is 3.14. The summed E-state index contributed by atoms with van der Waals surface area (Å²) >= 11 is 1.63. The van der Waals surface area contributed by atoms with Gasteiger partial charge in [0, 0.05) is 5.92 Å². The first-order chi connectivity index (χ1) is 8.74. The average Bonchev–Trinajstić information content (AvgIpc) is 2.68. The summed E-state index contributed by atoms with van der Waals surface area (Å²) in [6.45, 7) is 4.00. The highest BCUT2D eigenvalue weighted by atomic mass is 32.1. The van der Waals surface area contributed by atoms with Gasteiger partial charge < -0.3 is 5.32 Å². The van der Waals surface area contributed by atoms with Gasteiger partial charge in [-0.25, -0.2) is 4.98 Å². The smallest absolute Gasteiger partial charge is 0.142 e. The van der Waals surface area contributed by atoms with Crippen LogP contribution in [0, 0.1) is 11.8 Å². The predicted octanol–water partition coefficient (Wildman–Crippen LogP) is 2.26. The van der Waals surface area contributed by atoms with Crippen molar-refractivity contribution in [2.24, 2.45) is 11.8 Å². The molecule has 2 aromatic rings. The lowest BCUT2D eigenvalue weighted by atomic mass is 9.85. The fourth-order valence-corrected chi connectivity index (χ4v) is 3.21. The molecule has 1 atom stereocenters. The molecule has 1 aromatic carbocycles. The first kappa shape index (κ1) is 11.8. The molecule has 0 amide bonds. The van der Waals surface area contributed by atoms with Gasteiger partial charge >= 0.3 is 0 Å². The molecule has 1 saturated heterocycles. The van der Waals surface area contributed by atoms with Gasteiger partial charge in [-0.1, -0.05) is 19.1 Å². The van der Waals surface area contributed by atoms with Gasteiger partial charge in [-0.3, -0.25) is 4.79 Å². The van der Waals surface area contributed by atoms with E-state index < -0.39 is 0 Å². The Morgan fingerprint density at radius 2 is 2.28 bits per heavy atom. The van der Waals surface area contributed by atoms with Crippen LogP contribution >= 0.6 is 11.3 Å². The van der Waals surface area contributed by atoms with Crippen LogP contribution in [0.2, 0.25) is 0 Å². The standard InChI is InChI=1S/C14H16N2OS/c1-9(10-7-15-8-10)12(17)6-14-16-11-4-2-3-5-13(11)18-14/h2-5,9-10,15H,6-8H2,1H3. The second-order valence-corrected chi connectivity index (χ2v) is 6.04. The van der Waals surface area contributed by atoms with Crippen molar-refractivity contribution in [2.75, 3.05) is 13.1 Å². The molecule has 18 heavy (non-hydrogen) atoms. The molecule has 94 valence electrons. The quantitative estimate of drug-likeness (QED) is 0.917. The molecule has 2 heterocycles. The van der Waals surface area contributed by atoms with Crippen molar-refractivity contribution in [3.63, 3.8) is 0 Å². The van der Waals surface area contributed by atoms with Crippen molar-refractivity contribution in [3.8, 4) is 0 Å². The van der Waals surface area contributed by atoms with Gasteiger partial charge in [0.1, 0.15) is 10.8 Å². The molecule has 1 aromatic heterocycles. The fraction of sp³-hybridized carbons (Fsp3) is 0.429. The van der Waals surface area contributed by atoms with E-state index in [1.54, 1.807) is 11.3 Å². The van der Waals surface area contributed by atoms with E-state index in [4.69, 9.17) is 0 Å². The van der Waals surface area contributed by atoms with Crippen molar-refractivity contribution in [2.45, 2.75) is 13.3 Å². The molecule has 0 saturated carbocycles. The van der Waals surface area contributed by atoms with E-state index in [2.05, 4.69) is 16.4 Å². The molecule has 1 aliphatic rings. The van der Waals surface area contributed by atoms with E-state index >= 15 is 0 Å². The molecule has 0 radical (unpaired) electrons. The summed E-state index contributed by atoms with van der Waals surface area (Å²) in [6.07, 6.45) is 0.483. The third kappa shape index (κ3) is 2.18. The predicted molar refractivity (Wildman–Crippen MR) is 73.9 cm³/mol. The van der Waals surface area contributed by atoms with Gasteiger partial charge in [0.05, 0.1) is 16.6 Å². The molecular weight excluding hydrogens is 244 g/mol. The number of nitrogens with one attached hydrogen (secondary N) is 1. The van der Waals surface area contributed by atoms with E-state index in [0.717, 1.165) is 23.6 Å². The lowest BCUT2D eigenvalue weighted by molar-refractivity contribution is -0.123. The minimum Gasteiger partial charge on any atom is -0.316 e. The van der Waals surface area contributed by atoms with Crippen LogP contribution in [0.5, 0.6) is 0 Å². The Bertz CT molecular complexity index is 541. The molecule has 1 aliphatic heterocycles. The van der Waals surface area contributed by atoms with Crippen LogP contribution in [0.4, 0.5) is 0 Å². The number of nitrogens with zero attached hydrogens (tertiary/aromatic N) is 1. The van der Waals surface area contributed by atoms with Crippen LogP contribution in [0.1, 0.15) is 11.9 Å². The number of benzene rings is 1. The Labute approximate surface area is 110 Å². The number of para-hydroxylation sites is 1. The lowest BCUT2D eigenvalue weighted by Gasteiger charge is -2.31. The van der Waals surface area contributed by atoms with Gasteiger partial charge in [0.2, 0.25) is 0 Å². The van der Waals surface area contributed by atoms with Crippen molar-refractivity contribution in [1.82, 2.24) is 10.3 Å². The number of hydrogen-bond donors (Lipinski definition) is 1. The van der Waals surface area contributed by atoms with Gasteiger partial charge in [0.15, 0.2) is 0 Å². The second-order valence-electron chi connectivity index (χ2n) is 4.93. The van der Waals surface area contributed by atoms with Gasteiger partial charge in [-0.05, 0) is 31.1 Å². The number of rotatable bonds is 4. The summed E-state index contributed by atoms with van der Waals surface area (Å²) in [6, 6.07) is 8.05. The van der Waals surface area contributed by atoms with Crippen LogP contribution < -0.4 is 5.32 Å². The maximum Gasteiger partial charge on any atom is 0.142 e. The average molecular weight is 260 g/mol. The van der Waals surface area contributed by atoms with Crippen LogP contribution in [0.3, 0.4) is 0 Å². The summed E-state index contributed by atoms with van der Waals surface area (Å²) in [4.78, 5) is 16.7. The molecule has 1 N–H and O–H groups in total. The Balaban J connectivity index is 1.73. The molecule has 0 spiro atoms. The van der Waals surface area contributed by atoms with Crippen molar-refractivity contribution < 1.29 is 4.79 Å². The van der Waals surface area contributed by atoms with Crippen LogP contribution in [0.15, 0.2) is 24.3 Å². The third-order valence-electron chi connectivity index (χ3n) is 3.69. The minimum atomic E-state index is 0.151. The van der Waals surface area contributed by atoms with Crippen molar-refractivity contribution in [3.05, 3.63) is 29.3 Å². The molecular formula is C14H16N2OS. The fourth-order valence-electron chi connectivity index (χ4n) is 2.23. The molecule has 3 nitrogen and oxygen atoms in total. The number of ketones is 1. The van der Waals surface area contributed by atoms with E-state index in [1.165, 1.54) is 4.70 Å².